The average molecular weight is 462 g/mol. The van der Waals surface area contributed by atoms with Gasteiger partial charge < -0.3 is 4.90 Å². The van der Waals surface area contributed by atoms with Gasteiger partial charge in [0.1, 0.15) is 5.82 Å². The molecular weight excluding hydrogens is 429 g/mol. The maximum absolute atomic E-state index is 13.1. The fourth-order valence-corrected chi connectivity index (χ4v) is 5.16. The van der Waals surface area contributed by atoms with E-state index in [9.17, 15) is 17.6 Å². The molecule has 0 radical (unpaired) electrons. The lowest BCUT2D eigenvalue weighted by atomic mass is 10.0. The molecule has 1 N–H and O–H groups in total. The van der Waals surface area contributed by atoms with Gasteiger partial charge in [0, 0.05) is 31.2 Å². The highest BCUT2D eigenvalue weighted by Gasteiger charge is 2.30. The van der Waals surface area contributed by atoms with Crippen LogP contribution in [0, 0.1) is 5.82 Å². The molecule has 0 unspecified atom stereocenters. The van der Waals surface area contributed by atoms with Gasteiger partial charge in [-0.2, -0.15) is 0 Å². The summed E-state index contributed by atoms with van der Waals surface area (Å²) in [5, 5.41) is 0. The fourth-order valence-electron chi connectivity index (χ4n) is 3.85. The zero-order valence-electron chi connectivity index (χ0n) is 18.9. The highest BCUT2D eigenvalue weighted by atomic mass is 32.2. The summed E-state index contributed by atoms with van der Waals surface area (Å²) >= 11 is 0. The van der Waals surface area contributed by atoms with E-state index >= 15 is 0 Å². The molecule has 174 valence electrons. The van der Waals surface area contributed by atoms with Gasteiger partial charge in [0.15, 0.2) is 0 Å². The minimum atomic E-state index is -3.69. The number of carbonyl (C=O) groups excluding carboxylic acids is 1. The van der Waals surface area contributed by atoms with E-state index in [-0.39, 0.29) is 22.4 Å². The monoisotopic (exact) mass is 461 g/mol. The quantitative estimate of drug-likeness (QED) is 0.686. The number of hydrogen-bond acceptors (Lipinski definition) is 4. The van der Waals surface area contributed by atoms with Crippen LogP contribution in [0.15, 0.2) is 59.5 Å². The van der Waals surface area contributed by atoms with Gasteiger partial charge in [-0.3, -0.25) is 9.69 Å². The maximum Gasteiger partial charge on any atom is 0.240 e. The molecule has 6 nitrogen and oxygen atoms in total. The van der Waals surface area contributed by atoms with Crippen LogP contribution >= 0.6 is 0 Å². The molecule has 0 atom stereocenters. The van der Waals surface area contributed by atoms with E-state index in [1.54, 1.807) is 0 Å². The molecule has 1 saturated heterocycles. The van der Waals surface area contributed by atoms with E-state index in [1.165, 1.54) is 12.1 Å². The molecule has 0 aromatic heterocycles. The van der Waals surface area contributed by atoms with Crippen LogP contribution in [0.3, 0.4) is 0 Å². The molecule has 3 rings (SSSR count). The summed E-state index contributed by atoms with van der Waals surface area (Å²) in [6, 6.07) is 14.5. The summed E-state index contributed by atoms with van der Waals surface area (Å²) in [7, 11) is -3.69. The van der Waals surface area contributed by atoms with Gasteiger partial charge in [-0.15, -0.1) is 0 Å². The molecule has 2 aromatic rings. The van der Waals surface area contributed by atoms with Gasteiger partial charge in [-0.05, 0) is 63.4 Å². The molecular formula is C24H32FN3O3S. The molecule has 1 aliphatic heterocycles. The van der Waals surface area contributed by atoms with Crippen molar-refractivity contribution in [1.82, 2.24) is 14.5 Å². The van der Waals surface area contributed by atoms with Gasteiger partial charge in [-0.1, -0.05) is 30.3 Å². The van der Waals surface area contributed by atoms with Crippen LogP contribution in [-0.4, -0.2) is 55.3 Å². The van der Waals surface area contributed by atoms with Crippen LogP contribution in [0.2, 0.25) is 0 Å². The highest BCUT2D eigenvalue weighted by Crippen LogP contribution is 2.20. The molecule has 0 saturated carbocycles. The summed E-state index contributed by atoms with van der Waals surface area (Å²) in [6.07, 6.45) is 1.23. The molecule has 1 amide bonds. The standard InChI is InChI=1S/C24H32FN3O3S/c1-24(2,3)28(17-19-7-5-4-6-8-19)23(29)18-27-15-13-21(14-16-27)26-32(30,31)22-11-9-20(25)10-12-22/h4-12,21,26H,13-18H2,1-3H3. The van der Waals surface area contributed by atoms with Crippen LogP contribution in [0.5, 0.6) is 0 Å². The number of rotatable bonds is 7. The third-order valence-electron chi connectivity index (χ3n) is 5.69. The van der Waals surface area contributed by atoms with Crippen molar-refractivity contribution in [3.05, 3.63) is 66.0 Å². The van der Waals surface area contributed by atoms with Gasteiger partial charge in [-0.25, -0.2) is 17.5 Å². The number of nitrogens with zero attached hydrogens (tertiary/aromatic N) is 2. The minimum Gasteiger partial charge on any atom is -0.332 e. The van der Waals surface area contributed by atoms with Gasteiger partial charge >= 0.3 is 0 Å². The number of sulfonamides is 1. The van der Waals surface area contributed by atoms with Crippen molar-refractivity contribution in [3.63, 3.8) is 0 Å². The second-order valence-electron chi connectivity index (χ2n) is 9.26. The topological polar surface area (TPSA) is 69.7 Å². The first kappa shape index (κ1) is 24.4. The number of benzene rings is 2. The summed E-state index contributed by atoms with van der Waals surface area (Å²) < 4.78 is 40.9. The van der Waals surface area contributed by atoms with E-state index in [4.69, 9.17) is 0 Å². The summed E-state index contributed by atoms with van der Waals surface area (Å²) in [6.45, 7) is 8.22. The van der Waals surface area contributed by atoms with Gasteiger partial charge in [0.25, 0.3) is 0 Å². The normalized spacial score (nSPS) is 16.1. The number of hydrogen-bond donors (Lipinski definition) is 1. The molecule has 0 spiro atoms. The second-order valence-corrected chi connectivity index (χ2v) is 11.0. The molecule has 8 heteroatoms. The number of halogens is 1. The van der Waals surface area contributed by atoms with Crippen molar-refractivity contribution in [1.29, 1.82) is 0 Å². The lowest BCUT2D eigenvalue weighted by molar-refractivity contribution is -0.138. The molecule has 1 aliphatic rings. The van der Waals surface area contributed by atoms with E-state index in [0.717, 1.165) is 17.7 Å². The number of carbonyl (C=O) groups is 1. The van der Waals surface area contributed by atoms with Gasteiger partial charge in [0.2, 0.25) is 15.9 Å². The lowest BCUT2D eigenvalue weighted by Gasteiger charge is -2.38. The molecule has 1 fully saturated rings. The van der Waals surface area contributed by atoms with Crippen LogP contribution in [0.1, 0.15) is 39.2 Å². The van der Waals surface area contributed by atoms with Crippen molar-refractivity contribution >= 4 is 15.9 Å². The largest absolute Gasteiger partial charge is 0.332 e. The average Bonchev–Trinajstić information content (AvgIpc) is 2.73. The molecule has 0 bridgehead atoms. The number of amides is 1. The van der Waals surface area contributed by atoms with Crippen LogP contribution in [0.4, 0.5) is 4.39 Å². The third-order valence-corrected chi connectivity index (χ3v) is 7.22. The number of piperidine rings is 1. The smallest absolute Gasteiger partial charge is 0.240 e. The zero-order valence-corrected chi connectivity index (χ0v) is 19.7. The van der Waals surface area contributed by atoms with Crippen molar-refractivity contribution in [2.75, 3.05) is 19.6 Å². The first-order valence-electron chi connectivity index (χ1n) is 10.9. The predicted molar refractivity (Wildman–Crippen MR) is 123 cm³/mol. The highest BCUT2D eigenvalue weighted by molar-refractivity contribution is 7.89. The first-order valence-corrected chi connectivity index (χ1v) is 12.4. The van der Waals surface area contributed by atoms with Gasteiger partial charge in [0.05, 0.1) is 11.4 Å². The molecule has 32 heavy (non-hydrogen) atoms. The second kappa shape index (κ2) is 10.1. The Labute approximate surface area is 190 Å². The van der Waals surface area contributed by atoms with E-state index < -0.39 is 15.8 Å². The summed E-state index contributed by atoms with van der Waals surface area (Å²) in [5.74, 6) is -0.412. The Morgan fingerprint density at radius 3 is 2.22 bits per heavy atom. The van der Waals surface area contributed by atoms with E-state index in [1.807, 2.05) is 56.0 Å². The van der Waals surface area contributed by atoms with Crippen LogP contribution in [0.25, 0.3) is 0 Å². The van der Waals surface area contributed by atoms with Crippen LogP contribution in [-0.2, 0) is 21.4 Å². The molecule has 2 aromatic carbocycles. The third kappa shape index (κ3) is 6.60. The number of likely N-dealkylation sites (tertiary alicyclic amines) is 1. The predicted octanol–water partition coefficient (Wildman–Crippen LogP) is 3.40. The van der Waals surface area contributed by atoms with Crippen molar-refractivity contribution in [2.24, 2.45) is 0 Å². The Morgan fingerprint density at radius 1 is 1.06 bits per heavy atom. The Hall–Kier alpha value is -2.29. The van der Waals surface area contributed by atoms with Crippen LogP contribution < -0.4 is 4.72 Å². The first-order chi connectivity index (χ1) is 15.0. The molecule has 0 aliphatic carbocycles. The summed E-state index contributed by atoms with van der Waals surface area (Å²) in [4.78, 5) is 17.2. The fraction of sp³-hybridized carbons (Fsp3) is 0.458. The van der Waals surface area contributed by atoms with Crippen molar-refractivity contribution in [2.45, 2.75) is 56.6 Å². The van der Waals surface area contributed by atoms with Crippen molar-refractivity contribution in [3.8, 4) is 0 Å². The van der Waals surface area contributed by atoms with E-state index in [0.29, 0.717) is 39.0 Å². The number of nitrogens with one attached hydrogen (secondary N) is 1. The molecule has 1 heterocycles. The SMILES string of the molecule is CC(C)(C)N(Cc1ccccc1)C(=O)CN1CCC(NS(=O)(=O)c2ccc(F)cc2)CC1. The minimum absolute atomic E-state index is 0.0539. The summed E-state index contributed by atoms with van der Waals surface area (Å²) in [5.41, 5.74) is 0.778. The van der Waals surface area contributed by atoms with E-state index in [2.05, 4.69) is 9.62 Å². The Kier molecular flexibility index (Phi) is 7.69. The van der Waals surface area contributed by atoms with Crippen molar-refractivity contribution < 1.29 is 17.6 Å². The zero-order chi connectivity index (χ0) is 23.4. The Morgan fingerprint density at radius 2 is 1.66 bits per heavy atom. The lowest BCUT2D eigenvalue weighted by Crippen LogP contribution is -2.51. The maximum atomic E-state index is 13.1. The Balaban J connectivity index is 1.55. The Bertz CT molecular complexity index is 997.